The molecular weight excluding hydrogens is 284 g/mol. The molecule has 5 nitrogen and oxygen atoms in total. The average molecular weight is 303 g/mol. The molecular formula is C14H19F2NO4. The largest absolute Gasteiger partial charge is 0.494 e. The van der Waals surface area contributed by atoms with Gasteiger partial charge in [-0.1, -0.05) is 0 Å². The molecule has 2 N–H and O–H groups in total. The molecule has 0 aliphatic rings. The third-order valence-corrected chi connectivity index (χ3v) is 2.53. The fourth-order valence-electron chi connectivity index (χ4n) is 1.64. The van der Waals surface area contributed by atoms with E-state index in [2.05, 4.69) is 10.1 Å². The van der Waals surface area contributed by atoms with Crippen molar-refractivity contribution >= 4 is 11.6 Å². The second-order valence-electron chi connectivity index (χ2n) is 4.18. The molecule has 1 rings (SSSR count). The van der Waals surface area contributed by atoms with Crippen LogP contribution in [-0.2, 0) is 16.1 Å². The Morgan fingerprint density at radius 2 is 2.19 bits per heavy atom. The number of hydrogen-bond donors (Lipinski definition) is 2. The molecule has 0 bridgehead atoms. The highest BCUT2D eigenvalue weighted by molar-refractivity contribution is 5.90. The van der Waals surface area contributed by atoms with Gasteiger partial charge in [-0.15, -0.1) is 0 Å². The predicted octanol–water partition coefficient (Wildman–Crippen LogP) is 2.19. The molecule has 7 heteroatoms. The topological polar surface area (TPSA) is 67.8 Å². The maximum atomic E-state index is 11.8. The Bertz CT molecular complexity index is 455. The van der Waals surface area contributed by atoms with Crippen molar-refractivity contribution in [2.45, 2.75) is 26.4 Å². The molecule has 0 radical (unpaired) electrons. The molecule has 1 aromatic carbocycles. The molecule has 0 unspecified atom stereocenters. The number of amides is 1. The number of halogens is 2. The summed E-state index contributed by atoms with van der Waals surface area (Å²) < 4.78 is 33.6. The third-order valence-electron chi connectivity index (χ3n) is 2.53. The Balaban J connectivity index is 2.48. The summed E-state index contributed by atoms with van der Waals surface area (Å²) in [6, 6.07) is 4.89. The van der Waals surface area contributed by atoms with Gasteiger partial charge in [-0.3, -0.25) is 4.79 Å². The van der Waals surface area contributed by atoms with E-state index in [4.69, 9.17) is 4.74 Å². The lowest BCUT2D eigenvalue weighted by molar-refractivity contribution is -0.117. The van der Waals surface area contributed by atoms with Gasteiger partial charge in [-0.05, 0) is 25.1 Å². The summed E-state index contributed by atoms with van der Waals surface area (Å²) >= 11 is 0. The standard InChI is InChI=1S/C14H19F2NO4/c1-2-21-12-4-3-11(7-10(12)8-18)17-14(19)5-6-20-9-13(15)16/h3-4,7,13,18H,2,5-6,8-9H2,1H3,(H,17,19). The third kappa shape index (κ3) is 6.50. The van der Waals surface area contributed by atoms with Crippen LogP contribution >= 0.6 is 0 Å². The Kier molecular flexibility index (Phi) is 7.63. The van der Waals surface area contributed by atoms with Gasteiger partial charge in [0.25, 0.3) is 6.43 Å². The van der Waals surface area contributed by atoms with E-state index in [1.54, 1.807) is 18.2 Å². The summed E-state index contributed by atoms with van der Waals surface area (Å²) in [5.74, 6) is 0.204. The van der Waals surface area contributed by atoms with E-state index in [-0.39, 0.29) is 25.5 Å². The van der Waals surface area contributed by atoms with Crippen molar-refractivity contribution in [1.82, 2.24) is 0 Å². The molecule has 0 heterocycles. The van der Waals surface area contributed by atoms with Crippen LogP contribution in [0.4, 0.5) is 14.5 Å². The molecule has 0 atom stereocenters. The van der Waals surface area contributed by atoms with Crippen molar-refractivity contribution in [3.8, 4) is 5.75 Å². The van der Waals surface area contributed by atoms with E-state index in [1.807, 2.05) is 6.92 Å². The van der Waals surface area contributed by atoms with Gasteiger partial charge in [0.05, 0.1) is 26.2 Å². The number of anilines is 1. The molecule has 0 saturated heterocycles. The summed E-state index contributed by atoms with van der Waals surface area (Å²) in [7, 11) is 0. The van der Waals surface area contributed by atoms with E-state index in [1.165, 1.54) is 0 Å². The van der Waals surface area contributed by atoms with Crippen LogP contribution in [0.3, 0.4) is 0 Å². The molecule has 118 valence electrons. The van der Waals surface area contributed by atoms with Crippen LogP contribution in [0, 0.1) is 0 Å². The second-order valence-corrected chi connectivity index (χ2v) is 4.18. The first-order valence-corrected chi connectivity index (χ1v) is 6.59. The van der Waals surface area contributed by atoms with Gasteiger partial charge in [0.15, 0.2) is 0 Å². The van der Waals surface area contributed by atoms with Crippen LogP contribution in [0.15, 0.2) is 18.2 Å². The number of benzene rings is 1. The molecule has 0 spiro atoms. The minimum absolute atomic E-state index is 0.0195. The number of ether oxygens (including phenoxy) is 2. The van der Waals surface area contributed by atoms with Crippen LogP contribution < -0.4 is 10.1 Å². The van der Waals surface area contributed by atoms with Gasteiger partial charge in [-0.2, -0.15) is 0 Å². The van der Waals surface area contributed by atoms with E-state index < -0.39 is 13.0 Å². The molecule has 1 amide bonds. The van der Waals surface area contributed by atoms with Crippen LogP contribution in [0.1, 0.15) is 18.9 Å². The summed E-state index contributed by atoms with van der Waals surface area (Å²) in [5.41, 5.74) is 1.06. The zero-order chi connectivity index (χ0) is 15.7. The van der Waals surface area contributed by atoms with Gasteiger partial charge in [0, 0.05) is 11.3 Å². The van der Waals surface area contributed by atoms with Gasteiger partial charge in [0.2, 0.25) is 5.91 Å². The van der Waals surface area contributed by atoms with Crippen molar-refractivity contribution in [3.05, 3.63) is 23.8 Å². The van der Waals surface area contributed by atoms with Crippen LogP contribution in [0.25, 0.3) is 0 Å². The lowest BCUT2D eigenvalue weighted by Crippen LogP contribution is -2.15. The lowest BCUT2D eigenvalue weighted by Gasteiger charge is -2.11. The van der Waals surface area contributed by atoms with Crippen molar-refractivity contribution < 1.29 is 28.2 Å². The molecule has 0 aliphatic carbocycles. The first-order valence-electron chi connectivity index (χ1n) is 6.59. The monoisotopic (exact) mass is 303 g/mol. The molecule has 0 saturated carbocycles. The van der Waals surface area contributed by atoms with E-state index in [9.17, 15) is 18.7 Å². The van der Waals surface area contributed by atoms with Gasteiger partial charge in [0.1, 0.15) is 12.4 Å². The summed E-state index contributed by atoms with van der Waals surface area (Å²) in [5, 5.41) is 11.8. The van der Waals surface area contributed by atoms with Gasteiger partial charge >= 0.3 is 0 Å². The minimum Gasteiger partial charge on any atom is -0.494 e. The Hall–Kier alpha value is -1.73. The molecule has 0 aliphatic heterocycles. The average Bonchev–Trinajstić information content (AvgIpc) is 2.45. The number of hydrogen-bond acceptors (Lipinski definition) is 4. The summed E-state index contributed by atoms with van der Waals surface area (Å²) in [6.45, 7) is 1.35. The normalized spacial score (nSPS) is 10.7. The first-order chi connectivity index (χ1) is 10.1. The number of alkyl halides is 2. The van der Waals surface area contributed by atoms with Crippen molar-refractivity contribution in [1.29, 1.82) is 0 Å². The Morgan fingerprint density at radius 1 is 1.43 bits per heavy atom. The van der Waals surface area contributed by atoms with Crippen LogP contribution in [-0.4, -0.2) is 37.3 Å². The molecule has 21 heavy (non-hydrogen) atoms. The zero-order valence-electron chi connectivity index (χ0n) is 11.8. The second kappa shape index (κ2) is 9.25. The first kappa shape index (κ1) is 17.3. The quantitative estimate of drug-likeness (QED) is 0.686. The Labute approximate surface area is 121 Å². The van der Waals surface area contributed by atoms with E-state index in [0.29, 0.717) is 23.6 Å². The number of carbonyl (C=O) groups excluding carboxylic acids is 1. The number of aliphatic hydroxyl groups excluding tert-OH is 1. The van der Waals surface area contributed by atoms with Gasteiger partial charge in [-0.25, -0.2) is 8.78 Å². The fourth-order valence-corrected chi connectivity index (χ4v) is 1.64. The minimum atomic E-state index is -2.54. The zero-order valence-corrected chi connectivity index (χ0v) is 11.8. The van der Waals surface area contributed by atoms with Crippen molar-refractivity contribution in [2.75, 3.05) is 25.1 Å². The molecule has 0 fully saturated rings. The maximum absolute atomic E-state index is 11.8. The predicted molar refractivity (Wildman–Crippen MR) is 73.6 cm³/mol. The van der Waals surface area contributed by atoms with E-state index >= 15 is 0 Å². The Morgan fingerprint density at radius 3 is 2.81 bits per heavy atom. The molecule has 0 aromatic heterocycles. The molecule has 1 aromatic rings. The highest BCUT2D eigenvalue weighted by Crippen LogP contribution is 2.23. The van der Waals surface area contributed by atoms with Crippen LogP contribution in [0.2, 0.25) is 0 Å². The lowest BCUT2D eigenvalue weighted by atomic mass is 10.2. The number of aliphatic hydroxyl groups is 1. The number of rotatable bonds is 9. The number of nitrogens with one attached hydrogen (secondary N) is 1. The summed E-state index contributed by atoms with van der Waals surface area (Å²) in [6.07, 6.45) is -2.56. The highest BCUT2D eigenvalue weighted by atomic mass is 19.3. The smallest absolute Gasteiger partial charge is 0.261 e. The maximum Gasteiger partial charge on any atom is 0.261 e. The van der Waals surface area contributed by atoms with Crippen molar-refractivity contribution in [3.63, 3.8) is 0 Å². The van der Waals surface area contributed by atoms with E-state index in [0.717, 1.165) is 0 Å². The number of carbonyl (C=O) groups is 1. The fraction of sp³-hybridized carbons (Fsp3) is 0.500. The van der Waals surface area contributed by atoms with Gasteiger partial charge < -0.3 is 19.9 Å². The SMILES string of the molecule is CCOc1ccc(NC(=O)CCOCC(F)F)cc1CO. The van der Waals surface area contributed by atoms with Crippen molar-refractivity contribution in [2.24, 2.45) is 0 Å². The van der Waals surface area contributed by atoms with Crippen LogP contribution in [0.5, 0.6) is 5.75 Å². The highest BCUT2D eigenvalue weighted by Gasteiger charge is 2.08. The summed E-state index contributed by atoms with van der Waals surface area (Å²) in [4.78, 5) is 11.6.